The van der Waals surface area contributed by atoms with Crippen molar-refractivity contribution >= 4 is 27.7 Å². The molecule has 0 radical (unpaired) electrons. The van der Waals surface area contributed by atoms with E-state index in [0.29, 0.717) is 12.3 Å². The van der Waals surface area contributed by atoms with Crippen molar-refractivity contribution in [2.75, 3.05) is 6.61 Å². The summed E-state index contributed by atoms with van der Waals surface area (Å²) < 4.78 is 6.67. The minimum Gasteiger partial charge on any atom is -0.484 e. The zero-order chi connectivity index (χ0) is 21.6. The summed E-state index contributed by atoms with van der Waals surface area (Å²) >= 11 is 3.46. The predicted octanol–water partition coefficient (Wildman–Crippen LogP) is 4.39. The first-order valence-electron chi connectivity index (χ1n) is 9.71. The Labute approximate surface area is 181 Å². The summed E-state index contributed by atoms with van der Waals surface area (Å²) in [7, 11) is 0. The molecule has 6 heteroatoms. The molecule has 1 atom stereocenters. The first-order chi connectivity index (χ1) is 13.7. The van der Waals surface area contributed by atoms with Gasteiger partial charge in [0.2, 0.25) is 5.91 Å². The summed E-state index contributed by atoms with van der Waals surface area (Å²) in [5.74, 6) is 0.225. The van der Waals surface area contributed by atoms with Crippen molar-refractivity contribution in [1.29, 1.82) is 0 Å². The van der Waals surface area contributed by atoms with Gasteiger partial charge < -0.3 is 15.0 Å². The summed E-state index contributed by atoms with van der Waals surface area (Å²) in [5, 5.41) is 2.88. The molecule has 2 aromatic carbocycles. The number of nitrogens with one attached hydrogen (secondary N) is 1. The van der Waals surface area contributed by atoms with Crippen LogP contribution in [0.3, 0.4) is 0 Å². The highest BCUT2D eigenvalue weighted by atomic mass is 79.9. The highest BCUT2D eigenvalue weighted by Crippen LogP contribution is 2.18. The molecule has 5 nitrogen and oxygen atoms in total. The second-order valence-corrected chi connectivity index (χ2v) is 8.52. The smallest absolute Gasteiger partial charge is 0.261 e. The van der Waals surface area contributed by atoms with Gasteiger partial charge in [0.15, 0.2) is 6.61 Å². The molecule has 2 aromatic rings. The molecule has 2 rings (SSSR count). The molecule has 2 amide bonds. The predicted molar refractivity (Wildman–Crippen MR) is 119 cm³/mol. The fraction of sp³-hybridized carbons (Fsp3) is 0.391. The van der Waals surface area contributed by atoms with Crippen molar-refractivity contribution in [2.45, 2.75) is 53.2 Å². The van der Waals surface area contributed by atoms with Gasteiger partial charge >= 0.3 is 0 Å². The Bertz CT molecular complexity index is 847. The lowest BCUT2D eigenvalue weighted by molar-refractivity contribution is -0.142. The number of hydrogen-bond donors (Lipinski definition) is 1. The molecule has 0 saturated heterocycles. The Balaban J connectivity index is 2.17. The van der Waals surface area contributed by atoms with Gasteiger partial charge in [0, 0.05) is 17.1 Å². The molecule has 0 fully saturated rings. The van der Waals surface area contributed by atoms with Gasteiger partial charge in [0.05, 0.1) is 0 Å². The van der Waals surface area contributed by atoms with E-state index in [-0.39, 0.29) is 24.5 Å². The molecular weight excluding hydrogens is 432 g/mol. The van der Waals surface area contributed by atoms with Gasteiger partial charge in [0.1, 0.15) is 11.8 Å². The van der Waals surface area contributed by atoms with Gasteiger partial charge in [0.25, 0.3) is 5.91 Å². The van der Waals surface area contributed by atoms with Gasteiger partial charge in [-0.3, -0.25) is 9.59 Å². The lowest BCUT2D eigenvalue weighted by atomic mass is 10.1. The van der Waals surface area contributed by atoms with E-state index in [1.165, 1.54) is 0 Å². The molecule has 0 aliphatic carbocycles. The van der Waals surface area contributed by atoms with E-state index in [1.54, 1.807) is 11.8 Å². The molecular formula is C23H29BrN2O3. The Morgan fingerprint density at radius 1 is 1.07 bits per heavy atom. The molecule has 0 bridgehead atoms. The zero-order valence-electron chi connectivity index (χ0n) is 17.7. The summed E-state index contributed by atoms with van der Waals surface area (Å²) in [6.07, 6.45) is 0. The molecule has 0 aliphatic heterocycles. The number of amides is 2. The van der Waals surface area contributed by atoms with Crippen molar-refractivity contribution < 1.29 is 14.3 Å². The van der Waals surface area contributed by atoms with E-state index < -0.39 is 6.04 Å². The van der Waals surface area contributed by atoms with Crippen LogP contribution in [0.1, 0.15) is 37.5 Å². The Morgan fingerprint density at radius 2 is 1.72 bits per heavy atom. The van der Waals surface area contributed by atoms with Crippen LogP contribution in [0.4, 0.5) is 0 Å². The van der Waals surface area contributed by atoms with Crippen LogP contribution >= 0.6 is 15.9 Å². The molecule has 0 aromatic heterocycles. The quantitative estimate of drug-likeness (QED) is 0.635. The van der Waals surface area contributed by atoms with Gasteiger partial charge in [-0.15, -0.1) is 0 Å². The largest absolute Gasteiger partial charge is 0.484 e. The fourth-order valence-corrected chi connectivity index (χ4v) is 3.51. The maximum absolute atomic E-state index is 13.0. The average Bonchev–Trinajstić information content (AvgIpc) is 2.62. The standard InChI is InChI=1S/C23H29BrN2O3/c1-15(2)25-23(28)18(5)26(13-19-7-6-8-20(24)12-19)22(27)14-29-21-10-16(3)9-17(4)11-21/h6-12,15,18H,13-14H2,1-5H3,(H,25,28)/t18-/m1/s1. The van der Waals surface area contributed by atoms with Crippen molar-refractivity contribution in [1.82, 2.24) is 10.2 Å². The number of carbonyl (C=O) groups is 2. The minimum atomic E-state index is -0.619. The highest BCUT2D eigenvalue weighted by Gasteiger charge is 2.27. The van der Waals surface area contributed by atoms with Gasteiger partial charge in [-0.25, -0.2) is 0 Å². The Hall–Kier alpha value is -2.34. The summed E-state index contributed by atoms with van der Waals surface area (Å²) in [4.78, 5) is 27.1. The fourth-order valence-electron chi connectivity index (χ4n) is 3.06. The summed E-state index contributed by atoms with van der Waals surface area (Å²) in [6.45, 7) is 9.70. The van der Waals surface area contributed by atoms with E-state index in [1.807, 2.05) is 70.2 Å². The number of benzene rings is 2. The van der Waals surface area contributed by atoms with Crippen LogP contribution < -0.4 is 10.1 Å². The van der Waals surface area contributed by atoms with Crippen molar-refractivity contribution in [3.63, 3.8) is 0 Å². The van der Waals surface area contributed by atoms with Crippen LogP contribution in [-0.2, 0) is 16.1 Å². The number of carbonyl (C=O) groups excluding carboxylic acids is 2. The molecule has 0 heterocycles. The number of ether oxygens (including phenoxy) is 1. The van der Waals surface area contributed by atoms with Gasteiger partial charge in [-0.2, -0.15) is 0 Å². The van der Waals surface area contributed by atoms with Gasteiger partial charge in [-0.05, 0) is 75.6 Å². The molecule has 0 saturated carbocycles. The number of halogens is 1. The number of nitrogens with zero attached hydrogens (tertiary/aromatic N) is 1. The Morgan fingerprint density at radius 3 is 2.31 bits per heavy atom. The molecule has 29 heavy (non-hydrogen) atoms. The van der Waals surface area contributed by atoms with Crippen molar-refractivity contribution in [3.8, 4) is 5.75 Å². The van der Waals surface area contributed by atoms with Crippen LogP contribution in [0.15, 0.2) is 46.9 Å². The summed E-state index contributed by atoms with van der Waals surface area (Å²) in [5.41, 5.74) is 3.08. The number of rotatable bonds is 8. The maximum Gasteiger partial charge on any atom is 0.261 e. The molecule has 0 spiro atoms. The molecule has 0 unspecified atom stereocenters. The van der Waals surface area contributed by atoms with Crippen LogP contribution in [0, 0.1) is 13.8 Å². The monoisotopic (exact) mass is 460 g/mol. The SMILES string of the molecule is Cc1cc(C)cc(OCC(=O)N(Cc2cccc(Br)c2)[C@H](C)C(=O)NC(C)C)c1. The van der Waals surface area contributed by atoms with Crippen LogP contribution in [-0.4, -0.2) is 35.4 Å². The topological polar surface area (TPSA) is 58.6 Å². The first kappa shape index (κ1) is 22.9. The maximum atomic E-state index is 13.0. The van der Waals surface area contributed by atoms with Crippen LogP contribution in [0.5, 0.6) is 5.75 Å². The second kappa shape index (κ2) is 10.4. The van der Waals surface area contributed by atoms with E-state index >= 15 is 0 Å². The average molecular weight is 461 g/mol. The van der Waals surface area contributed by atoms with E-state index in [2.05, 4.69) is 21.2 Å². The highest BCUT2D eigenvalue weighted by molar-refractivity contribution is 9.10. The Kier molecular flexibility index (Phi) is 8.26. The first-order valence-corrected chi connectivity index (χ1v) is 10.5. The molecule has 1 N–H and O–H groups in total. The lowest BCUT2D eigenvalue weighted by Crippen LogP contribution is -2.50. The number of aryl methyl sites for hydroxylation is 2. The number of hydrogen-bond acceptors (Lipinski definition) is 3. The van der Waals surface area contributed by atoms with E-state index in [0.717, 1.165) is 21.2 Å². The minimum absolute atomic E-state index is 0.000657. The van der Waals surface area contributed by atoms with E-state index in [9.17, 15) is 9.59 Å². The van der Waals surface area contributed by atoms with Crippen molar-refractivity contribution in [2.24, 2.45) is 0 Å². The third kappa shape index (κ3) is 7.20. The lowest BCUT2D eigenvalue weighted by Gasteiger charge is -2.29. The molecule has 156 valence electrons. The molecule has 0 aliphatic rings. The summed E-state index contributed by atoms with van der Waals surface area (Å²) in [6, 6.07) is 12.9. The van der Waals surface area contributed by atoms with E-state index in [4.69, 9.17) is 4.74 Å². The van der Waals surface area contributed by atoms with Gasteiger partial charge in [-0.1, -0.05) is 34.1 Å². The van der Waals surface area contributed by atoms with Crippen molar-refractivity contribution in [3.05, 3.63) is 63.6 Å². The normalized spacial score (nSPS) is 11.8. The third-order valence-corrected chi connectivity index (χ3v) is 4.89. The van der Waals surface area contributed by atoms with Crippen LogP contribution in [0.2, 0.25) is 0 Å². The zero-order valence-corrected chi connectivity index (χ0v) is 19.2. The second-order valence-electron chi connectivity index (χ2n) is 7.60. The third-order valence-electron chi connectivity index (χ3n) is 4.40. The van der Waals surface area contributed by atoms with Crippen LogP contribution in [0.25, 0.3) is 0 Å².